The minimum Gasteiger partial charge on any atom is -0.273 e. The third-order valence-corrected chi connectivity index (χ3v) is 9.86. The summed E-state index contributed by atoms with van der Waals surface area (Å²) < 4.78 is 75.9. The van der Waals surface area contributed by atoms with Gasteiger partial charge in [0, 0.05) is 12.5 Å². The first-order chi connectivity index (χ1) is 12.3. The zero-order valence-corrected chi connectivity index (χ0v) is 17.2. The molecule has 9 nitrogen and oxygen atoms in total. The van der Waals surface area contributed by atoms with Crippen LogP contribution in [0, 0.1) is 13.8 Å². The first-order valence-electron chi connectivity index (χ1n) is 8.22. The molecule has 2 heterocycles. The molecule has 2 fully saturated rings. The topological polar surface area (TPSA) is 135 Å². The fraction of sp³-hybridized carbons (Fsp3) is 0.533. The summed E-state index contributed by atoms with van der Waals surface area (Å²) >= 11 is 0. The van der Waals surface area contributed by atoms with Crippen molar-refractivity contribution in [3.63, 3.8) is 0 Å². The second-order valence-corrected chi connectivity index (χ2v) is 12.7. The van der Waals surface area contributed by atoms with Gasteiger partial charge in [0.25, 0.3) is 0 Å². The van der Waals surface area contributed by atoms with Crippen molar-refractivity contribution in [2.75, 3.05) is 21.6 Å². The fourth-order valence-electron chi connectivity index (χ4n) is 3.50. The molecule has 0 aliphatic carbocycles. The van der Waals surface area contributed by atoms with E-state index in [4.69, 9.17) is 0 Å². The van der Waals surface area contributed by atoms with Crippen molar-refractivity contribution >= 4 is 41.5 Å². The molecule has 1 atom stereocenters. The van der Waals surface area contributed by atoms with E-state index in [2.05, 4.69) is 4.72 Å². The van der Waals surface area contributed by atoms with E-state index >= 15 is 0 Å². The number of amides is 1. The number of rotatable bonds is 4. The van der Waals surface area contributed by atoms with Crippen molar-refractivity contribution in [2.24, 2.45) is 0 Å². The number of benzene rings is 1. The van der Waals surface area contributed by atoms with E-state index in [1.807, 2.05) is 0 Å². The van der Waals surface area contributed by atoms with Gasteiger partial charge in [0.1, 0.15) is 0 Å². The van der Waals surface area contributed by atoms with Gasteiger partial charge in [-0.3, -0.25) is 4.79 Å². The summed E-state index contributed by atoms with van der Waals surface area (Å²) in [6.07, 6.45) is 0.0937. The maximum Gasteiger partial charge on any atom is 0.242 e. The second-order valence-electron chi connectivity index (χ2n) is 6.85. The number of carbonyl (C=O) groups is 1. The summed E-state index contributed by atoms with van der Waals surface area (Å²) in [5, 5.41) is 0. The summed E-state index contributed by atoms with van der Waals surface area (Å²) in [5.74, 6) is -1.14. The van der Waals surface area contributed by atoms with Crippen LogP contribution in [0.5, 0.6) is 0 Å². The largest absolute Gasteiger partial charge is 0.273 e. The normalized spacial score (nSPS) is 24.4. The second kappa shape index (κ2) is 6.54. The predicted octanol–water partition coefficient (Wildman–Crippen LogP) is -0.165. The Labute approximate surface area is 158 Å². The molecule has 2 aliphatic heterocycles. The number of hydrogen-bond donors (Lipinski definition) is 1. The van der Waals surface area contributed by atoms with E-state index in [1.165, 1.54) is 26.0 Å². The van der Waals surface area contributed by atoms with Gasteiger partial charge in [-0.05, 0) is 43.5 Å². The number of nitrogens with zero attached hydrogens (tertiary/aromatic N) is 1. The summed E-state index contributed by atoms with van der Waals surface area (Å²) in [6, 6.07) is 1.99. The third-order valence-electron chi connectivity index (χ3n) is 4.58. The highest BCUT2D eigenvalue weighted by atomic mass is 32.2. The average molecular weight is 437 g/mol. The predicted molar refractivity (Wildman–Crippen MR) is 99.2 cm³/mol. The molecule has 150 valence electrons. The molecule has 0 unspecified atom stereocenters. The zero-order chi connectivity index (χ0) is 20.2. The Bertz CT molecular complexity index is 1100. The summed E-state index contributed by atoms with van der Waals surface area (Å²) in [4.78, 5) is 11.9. The molecule has 2 saturated heterocycles. The van der Waals surface area contributed by atoms with Crippen molar-refractivity contribution in [3.05, 3.63) is 23.3 Å². The monoisotopic (exact) mass is 436 g/mol. The molecule has 0 spiro atoms. The summed E-state index contributed by atoms with van der Waals surface area (Å²) in [6.45, 7) is 3.01. The van der Waals surface area contributed by atoms with Crippen LogP contribution >= 0.6 is 0 Å². The van der Waals surface area contributed by atoms with Gasteiger partial charge in [0.2, 0.25) is 26.0 Å². The highest BCUT2D eigenvalue weighted by Gasteiger charge is 2.37. The van der Waals surface area contributed by atoms with Crippen molar-refractivity contribution in [3.8, 4) is 0 Å². The van der Waals surface area contributed by atoms with Gasteiger partial charge in [-0.15, -0.1) is 0 Å². The lowest BCUT2D eigenvalue weighted by Crippen LogP contribution is -2.36. The lowest BCUT2D eigenvalue weighted by Gasteiger charge is -2.20. The first kappa shape index (κ1) is 20.2. The molecule has 27 heavy (non-hydrogen) atoms. The van der Waals surface area contributed by atoms with Gasteiger partial charge in [0.15, 0.2) is 9.84 Å². The number of sulfone groups is 1. The number of anilines is 1. The molecular formula is C15H20N2O7S3. The minimum absolute atomic E-state index is 0.0420. The maximum atomic E-state index is 12.8. The Morgan fingerprint density at radius 2 is 1.67 bits per heavy atom. The van der Waals surface area contributed by atoms with Crippen LogP contribution in [-0.4, -0.2) is 54.5 Å². The highest BCUT2D eigenvalue weighted by Crippen LogP contribution is 2.31. The molecule has 3 rings (SSSR count). The highest BCUT2D eigenvalue weighted by molar-refractivity contribution is 7.94. The Kier molecular flexibility index (Phi) is 4.90. The number of sulfonamides is 2. The molecule has 0 bridgehead atoms. The molecule has 0 aromatic heterocycles. The molecule has 1 amide bonds. The van der Waals surface area contributed by atoms with Gasteiger partial charge in [-0.25, -0.2) is 34.3 Å². The van der Waals surface area contributed by atoms with Crippen LogP contribution in [0.1, 0.15) is 24.0 Å². The van der Waals surface area contributed by atoms with Crippen LogP contribution in [0.3, 0.4) is 0 Å². The smallest absolute Gasteiger partial charge is 0.242 e. The molecule has 1 aromatic carbocycles. The van der Waals surface area contributed by atoms with E-state index in [1.54, 1.807) is 0 Å². The van der Waals surface area contributed by atoms with Crippen LogP contribution < -0.4 is 9.03 Å². The van der Waals surface area contributed by atoms with E-state index < -0.39 is 41.8 Å². The number of hydrogen-bond acceptors (Lipinski definition) is 7. The lowest BCUT2D eigenvalue weighted by molar-refractivity contribution is -0.116. The minimum atomic E-state index is -4.01. The third kappa shape index (κ3) is 3.89. The zero-order valence-electron chi connectivity index (χ0n) is 14.8. The summed E-state index contributed by atoms with van der Waals surface area (Å²) in [5.41, 5.74) is 0.649. The van der Waals surface area contributed by atoms with Crippen LogP contribution in [0.2, 0.25) is 0 Å². The SMILES string of the molecule is Cc1cc(N2C(=O)CCS2(=O)=O)cc(C)c1S(=O)(=O)N[C@H]1CCS(=O)(=O)C1. The molecular weight excluding hydrogens is 416 g/mol. The summed E-state index contributed by atoms with van der Waals surface area (Å²) in [7, 11) is -11.0. The van der Waals surface area contributed by atoms with E-state index in [-0.39, 0.29) is 51.8 Å². The maximum absolute atomic E-state index is 12.8. The van der Waals surface area contributed by atoms with Crippen molar-refractivity contribution in [1.29, 1.82) is 0 Å². The van der Waals surface area contributed by atoms with Crippen molar-refractivity contribution < 1.29 is 30.0 Å². The van der Waals surface area contributed by atoms with Gasteiger partial charge in [0.05, 0.1) is 27.8 Å². The van der Waals surface area contributed by atoms with Crippen molar-refractivity contribution in [2.45, 2.75) is 37.6 Å². The Morgan fingerprint density at radius 1 is 1.07 bits per heavy atom. The van der Waals surface area contributed by atoms with Gasteiger partial charge in [-0.2, -0.15) is 0 Å². The Hall–Kier alpha value is -1.50. The van der Waals surface area contributed by atoms with Gasteiger partial charge in [-0.1, -0.05) is 0 Å². The van der Waals surface area contributed by atoms with E-state index in [9.17, 15) is 30.0 Å². The molecule has 0 radical (unpaired) electrons. The van der Waals surface area contributed by atoms with Crippen molar-refractivity contribution in [1.82, 2.24) is 4.72 Å². The average Bonchev–Trinajstić information content (AvgIpc) is 2.95. The molecule has 1 N–H and O–H groups in total. The molecule has 2 aliphatic rings. The number of nitrogens with one attached hydrogen (secondary N) is 1. The quantitative estimate of drug-likeness (QED) is 0.692. The molecule has 0 saturated carbocycles. The Balaban J connectivity index is 1.97. The van der Waals surface area contributed by atoms with Gasteiger partial charge < -0.3 is 0 Å². The lowest BCUT2D eigenvalue weighted by atomic mass is 10.1. The van der Waals surface area contributed by atoms with Crippen LogP contribution in [0.15, 0.2) is 17.0 Å². The number of aryl methyl sites for hydroxylation is 2. The van der Waals surface area contributed by atoms with Crippen LogP contribution in [0.25, 0.3) is 0 Å². The number of carbonyl (C=O) groups excluding carboxylic acids is 1. The Morgan fingerprint density at radius 3 is 2.11 bits per heavy atom. The van der Waals surface area contributed by atoms with E-state index in [0.29, 0.717) is 4.31 Å². The van der Waals surface area contributed by atoms with Gasteiger partial charge >= 0.3 is 0 Å². The standard InChI is InChI=1S/C15H20N2O7S3/c1-10-7-13(17-14(18)4-6-26(17,21)22)8-11(2)15(10)27(23,24)16-12-3-5-25(19,20)9-12/h7-8,12,16H,3-6,9H2,1-2H3/t12-/m0/s1. The molecule has 12 heteroatoms. The van der Waals surface area contributed by atoms with Crippen LogP contribution in [-0.2, 0) is 34.7 Å². The van der Waals surface area contributed by atoms with E-state index in [0.717, 1.165) is 0 Å². The fourth-order valence-corrected chi connectivity index (χ4v) is 8.45. The first-order valence-corrected chi connectivity index (χ1v) is 13.1. The van der Waals surface area contributed by atoms with Crippen LogP contribution in [0.4, 0.5) is 5.69 Å². The molecule has 1 aromatic rings.